The largest absolute Gasteiger partial charge is 0.377 e. The maximum absolute atomic E-state index is 11.5. The summed E-state index contributed by atoms with van der Waals surface area (Å²) in [6.45, 7) is 1.99. The molecule has 122 valence electrons. The SMILES string of the molecule is Cc1ccc([N+](=O)[O-])c2c1N[C@H](c1ccc(Cl)cc1)C1CC=CC21. The minimum Gasteiger partial charge on any atom is -0.377 e. The molecule has 0 radical (unpaired) electrons. The number of nitro benzene ring substituents is 1. The second kappa shape index (κ2) is 5.64. The molecule has 0 bridgehead atoms. The van der Waals surface area contributed by atoms with Crippen molar-refractivity contribution >= 4 is 23.0 Å². The van der Waals surface area contributed by atoms with Gasteiger partial charge in [-0.05, 0) is 42.5 Å². The molecular weight excluding hydrogens is 324 g/mol. The molecule has 1 heterocycles. The number of nitrogens with zero attached hydrogens (tertiary/aromatic N) is 1. The average Bonchev–Trinajstić information content (AvgIpc) is 3.05. The van der Waals surface area contributed by atoms with Crippen molar-refractivity contribution in [1.29, 1.82) is 0 Å². The van der Waals surface area contributed by atoms with E-state index in [1.807, 2.05) is 37.3 Å². The van der Waals surface area contributed by atoms with Gasteiger partial charge in [-0.15, -0.1) is 0 Å². The van der Waals surface area contributed by atoms with Gasteiger partial charge in [0, 0.05) is 22.7 Å². The Labute approximate surface area is 145 Å². The summed E-state index contributed by atoms with van der Waals surface area (Å²) in [7, 11) is 0. The summed E-state index contributed by atoms with van der Waals surface area (Å²) in [6.07, 6.45) is 5.18. The molecule has 1 aliphatic carbocycles. The molecule has 1 N–H and O–H groups in total. The fourth-order valence-corrected chi connectivity index (χ4v) is 4.12. The van der Waals surface area contributed by atoms with Crippen LogP contribution in [0, 0.1) is 23.0 Å². The molecule has 3 atom stereocenters. The van der Waals surface area contributed by atoms with Crippen molar-refractivity contribution in [3.8, 4) is 0 Å². The van der Waals surface area contributed by atoms with Gasteiger partial charge in [-0.1, -0.05) is 42.0 Å². The highest BCUT2D eigenvalue weighted by atomic mass is 35.5. The van der Waals surface area contributed by atoms with E-state index >= 15 is 0 Å². The van der Waals surface area contributed by atoms with Gasteiger partial charge < -0.3 is 5.32 Å². The van der Waals surface area contributed by atoms with Gasteiger partial charge in [0.15, 0.2) is 0 Å². The van der Waals surface area contributed by atoms with Crippen LogP contribution >= 0.6 is 11.6 Å². The van der Waals surface area contributed by atoms with Gasteiger partial charge >= 0.3 is 0 Å². The van der Waals surface area contributed by atoms with E-state index in [1.54, 1.807) is 6.07 Å². The number of halogens is 1. The van der Waals surface area contributed by atoms with Crippen molar-refractivity contribution < 1.29 is 4.92 Å². The molecule has 0 fully saturated rings. The van der Waals surface area contributed by atoms with Gasteiger partial charge in [-0.2, -0.15) is 0 Å². The molecule has 0 spiro atoms. The van der Waals surface area contributed by atoms with Crippen molar-refractivity contribution in [3.63, 3.8) is 0 Å². The molecule has 2 aromatic carbocycles. The van der Waals surface area contributed by atoms with Crippen LogP contribution in [0.15, 0.2) is 48.6 Å². The predicted molar refractivity (Wildman–Crippen MR) is 95.6 cm³/mol. The minimum atomic E-state index is -0.272. The van der Waals surface area contributed by atoms with E-state index in [1.165, 1.54) is 0 Å². The van der Waals surface area contributed by atoms with Crippen molar-refractivity contribution in [3.05, 3.63) is 80.4 Å². The van der Waals surface area contributed by atoms with Crippen LogP contribution in [0.4, 0.5) is 11.4 Å². The van der Waals surface area contributed by atoms with Gasteiger partial charge in [0.05, 0.1) is 16.5 Å². The third-order valence-electron chi connectivity index (χ3n) is 5.13. The lowest BCUT2D eigenvalue weighted by Gasteiger charge is -2.38. The lowest BCUT2D eigenvalue weighted by atomic mass is 9.76. The lowest BCUT2D eigenvalue weighted by molar-refractivity contribution is -0.385. The molecule has 0 aromatic heterocycles. The van der Waals surface area contributed by atoms with Crippen molar-refractivity contribution in [2.75, 3.05) is 5.32 Å². The average molecular weight is 341 g/mol. The van der Waals surface area contributed by atoms with E-state index in [0.29, 0.717) is 5.02 Å². The number of fused-ring (bicyclic) bond motifs is 3. The molecule has 0 saturated carbocycles. The highest BCUT2D eigenvalue weighted by Gasteiger charge is 2.42. The maximum Gasteiger partial charge on any atom is 0.275 e. The van der Waals surface area contributed by atoms with Gasteiger partial charge in [-0.3, -0.25) is 10.1 Å². The van der Waals surface area contributed by atoms with Crippen LogP contribution in [-0.2, 0) is 0 Å². The van der Waals surface area contributed by atoms with E-state index in [4.69, 9.17) is 11.6 Å². The smallest absolute Gasteiger partial charge is 0.275 e. The van der Waals surface area contributed by atoms with Crippen molar-refractivity contribution in [1.82, 2.24) is 0 Å². The van der Waals surface area contributed by atoms with E-state index in [9.17, 15) is 10.1 Å². The summed E-state index contributed by atoms with van der Waals surface area (Å²) < 4.78 is 0. The zero-order valence-electron chi connectivity index (χ0n) is 13.2. The van der Waals surface area contributed by atoms with Crippen LogP contribution in [0.5, 0.6) is 0 Å². The number of allylic oxidation sites excluding steroid dienone is 2. The van der Waals surface area contributed by atoms with Gasteiger partial charge in [0.1, 0.15) is 0 Å². The molecule has 4 nitrogen and oxygen atoms in total. The Morgan fingerprint density at radius 2 is 1.96 bits per heavy atom. The lowest BCUT2D eigenvalue weighted by Crippen LogP contribution is -2.30. The standard InChI is InChI=1S/C19H17ClN2O2/c1-11-5-10-16(22(23)24)17-14-3-2-4-15(14)19(21-18(11)17)12-6-8-13(20)9-7-12/h2-3,5-10,14-15,19,21H,4H2,1H3/t14?,15?,19-/m1/s1. The highest BCUT2D eigenvalue weighted by Crippen LogP contribution is 2.53. The third kappa shape index (κ3) is 2.29. The van der Waals surface area contributed by atoms with Crippen LogP contribution in [0.2, 0.25) is 5.02 Å². The summed E-state index contributed by atoms with van der Waals surface area (Å²) in [5, 5.41) is 15.8. The summed E-state index contributed by atoms with van der Waals surface area (Å²) in [6, 6.07) is 11.4. The Kier molecular flexibility index (Phi) is 3.57. The van der Waals surface area contributed by atoms with Crippen LogP contribution in [0.1, 0.15) is 35.1 Å². The normalized spacial score (nSPS) is 24.2. The Morgan fingerprint density at radius 1 is 1.21 bits per heavy atom. The molecule has 4 rings (SSSR count). The number of hydrogen-bond donors (Lipinski definition) is 1. The van der Waals surface area contributed by atoms with Crippen LogP contribution in [-0.4, -0.2) is 4.92 Å². The summed E-state index contributed by atoms with van der Waals surface area (Å²) in [4.78, 5) is 11.2. The van der Waals surface area contributed by atoms with E-state index in [-0.39, 0.29) is 28.5 Å². The molecular formula is C19H17ClN2O2. The van der Waals surface area contributed by atoms with Gasteiger partial charge in [-0.25, -0.2) is 0 Å². The number of anilines is 1. The summed E-state index contributed by atoms with van der Waals surface area (Å²) in [5.41, 5.74) is 4.13. The van der Waals surface area contributed by atoms with Crippen molar-refractivity contribution in [2.45, 2.75) is 25.3 Å². The molecule has 2 aliphatic rings. The molecule has 5 heteroatoms. The molecule has 1 aliphatic heterocycles. The highest BCUT2D eigenvalue weighted by molar-refractivity contribution is 6.30. The van der Waals surface area contributed by atoms with Crippen LogP contribution in [0.3, 0.4) is 0 Å². The fraction of sp³-hybridized carbons (Fsp3) is 0.263. The Morgan fingerprint density at radius 3 is 2.67 bits per heavy atom. The molecule has 0 saturated heterocycles. The number of rotatable bonds is 2. The first-order valence-corrected chi connectivity index (χ1v) is 8.40. The second-order valence-corrected chi connectivity index (χ2v) is 6.91. The first-order chi connectivity index (χ1) is 11.6. The van der Waals surface area contributed by atoms with Crippen LogP contribution in [0.25, 0.3) is 0 Å². The molecule has 24 heavy (non-hydrogen) atoms. The van der Waals surface area contributed by atoms with E-state index < -0.39 is 0 Å². The zero-order valence-corrected chi connectivity index (χ0v) is 14.0. The topological polar surface area (TPSA) is 55.2 Å². The Bertz CT molecular complexity index is 845. The predicted octanol–water partition coefficient (Wildman–Crippen LogP) is 5.38. The van der Waals surface area contributed by atoms with Crippen molar-refractivity contribution in [2.24, 2.45) is 5.92 Å². The molecule has 0 amide bonds. The maximum atomic E-state index is 11.5. The van der Waals surface area contributed by atoms with E-state index in [2.05, 4.69) is 17.5 Å². The zero-order chi connectivity index (χ0) is 16.8. The number of nitro groups is 1. The van der Waals surface area contributed by atoms with Gasteiger partial charge in [0.2, 0.25) is 0 Å². The number of aryl methyl sites for hydroxylation is 1. The number of benzene rings is 2. The number of nitrogens with one attached hydrogen (secondary N) is 1. The second-order valence-electron chi connectivity index (χ2n) is 6.47. The monoisotopic (exact) mass is 340 g/mol. The number of hydrogen-bond acceptors (Lipinski definition) is 3. The minimum absolute atomic E-state index is 0.0715. The first-order valence-electron chi connectivity index (χ1n) is 8.03. The first kappa shape index (κ1) is 15.2. The fourth-order valence-electron chi connectivity index (χ4n) is 3.99. The third-order valence-corrected chi connectivity index (χ3v) is 5.38. The quantitative estimate of drug-likeness (QED) is 0.453. The summed E-state index contributed by atoms with van der Waals surface area (Å²) >= 11 is 6.02. The van der Waals surface area contributed by atoms with Crippen LogP contribution < -0.4 is 5.32 Å². The Hall–Kier alpha value is -2.33. The van der Waals surface area contributed by atoms with Gasteiger partial charge in [0.25, 0.3) is 5.69 Å². The molecule has 2 unspecified atom stereocenters. The summed E-state index contributed by atoms with van der Waals surface area (Å²) in [5.74, 6) is 0.349. The Balaban J connectivity index is 1.86. The molecule has 2 aromatic rings. The van der Waals surface area contributed by atoms with E-state index in [0.717, 1.165) is 28.8 Å².